The van der Waals surface area contributed by atoms with Crippen molar-refractivity contribution in [2.24, 2.45) is 0 Å². The van der Waals surface area contributed by atoms with E-state index in [4.69, 9.17) is 23.2 Å². The van der Waals surface area contributed by atoms with Crippen molar-refractivity contribution in [3.63, 3.8) is 0 Å². The lowest BCUT2D eigenvalue weighted by Crippen LogP contribution is -2.25. The zero-order chi connectivity index (χ0) is 19.2. The van der Waals surface area contributed by atoms with Gasteiger partial charge in [-0.15, -0.1) is 0 Å². The lowest BCUT2D eigenvalue weighted by atomic mass is 9.99. The Hall–Kier alpha value is -2.56. The number of nitrogens with zero attached hydrogens (tertiary/aromatic N) is 1. The van der Waals surface area contributed by atoms with E-state index in [0.717, 1.165) is 29.8 Å². The third-order valence-electron chi connectivity index (χ3n) is 4.07. The number of halogens is 2. The average Bonchev–Trinajstić information content (AvgIpc) is 3.18. The number of imidazole rings is 1. The van der Waals surface area contributed by atoms with Gasteiger partial charge in [-0.25, -0.2) is 4.98 Å². The molecule has 1 radical (unpaired) electrons. The van der Waals surface area contributed by atoms with Gasteiger partial charge in [0.25, 0.3) is 5.91 Å². The first-order valence-corrected chi connectivity index (χ1v) is 9.23. The fourth-order valence-electron chi connectivity index (χ4n) is 2.65. The Morgan fingerprint density at radius 3 is 2.85 bits per heavy atom. The van der Waals surface area contributed by atoms with Crippen molar-refractivity contribution in [1.82, 2.24) is 15.3 Å². The van der Waals surface area contributed by atoms with Gasteiger partial charge >= 0.3 is 0 Å². The van der Waals surface area contributed by atoms with Crippen molar-refractivity contribution in [1.29, 1.82) is 0 Å². The summed E-state index contributed by atoms with van der Waals surface area (Å²) in [5.41, 5.74) is 2.70. The molecule has 0 unspecified atom stereocenters. The minimum absolute atomic E-state index is 0.218. The normalized spacial score (nSPS) is 10.6. The van der Waals surface area contributed by atoms with Crippen LogP contribution in [-0.2, 0) is 11.2 Å². The van der Waals surface area contributed by atoms with Crippen LogP contribution >= 0.6 is 23.2 Å². The number of aryl methyl sites for hydroxylation is 1. The first kappa shape index (κ1) is 19.2. The summed E-state index contributed by atoms with van der Waals surface area (Å²) >= 11 is 12.2. The Morgan fingerprint density at radius 1 is 1.26 bits per heavy atom. The smallest absolute Gasteiger partial charge is 0.251 e. The molecule has 4 nitrogen and oxygen atoms in total. The maximum Gasteiger partial charge on any atom is 0.251 e. The van der Waals surface area contributed by atoms with E-state index in [1.165, 1.54) is 0 Å². The summed E-state index contributed by atoms with van der Waals surface area (Å²) in [6.45, 7) is 4.45. The van der Waals surface area contributed by atoms with E-state index >= 15 is 0 Å². The van der Waals surface area contributed by atoms with Crippen LogP contribution in [0.25, 0.3) is 16.7 Å². The van der Waals surface area contributed by atoms with Gasteiger partial charge in [-0.1, -0.05) is 48.0 Å². The number of carbonyl (C=O) groups excluding carboxylic acids is 1. The van der Waals surface area contributed by atoms with E-state index in [1.54, 1.807) is 30.6 Å². The molecular formula is C21H18Cl2N3O. The molecule has 0 saturated carbocycles. The van der Waals surface area contributed by atoms with Gasteiger partial charge in [0.15, 0.2) is 0 Å². The Bertz CT molecular complexity index is 952. The molecule has 6 heteroatoms. The molecule has 1 aromatic heterocycles. The van der Waals surface area contributed by atoms with Crippen LogP contribution in [0.5, 0.6) is 0 Å². The molecule has 2 N–H and O–H groups in total. The van der Waals surface area contributed by atoms with Crippen molar-refractivity contribution in [2.45, 2.75) is 12.8 Å². The van der Waals surface area contributed by atoms with Gasteiger partial charge in [0.2, 0.25) is 0 Å². The summed E-state index contributed by atoms with van der Waals surface area (Å²) in [6.07, 6.45) is 5.06. The molecule has 27 heavy (non-hydrogen) atoms. The summed E-state index contributed by atoms with van der Waals surface area (Å²) in [4.78, 5) is 19.6. The van der Waals surface area contributed by atoms with E-state index in [-0.39, 0.29) is 5.91 Å². The molecule has 0 bridgehead atoms. The molecule has 0 saturated heterocycles. The van der Waals surface area contributed by atoms with Crippen LogP contribution in [0.1, 0.15) is 17.8 Å². The minimum Gasteiger partial charge on any atom is -0.352 e. The third-order valence-corrected chi connectivity index (χ3v) is 4.62. The van der Waals surface area contributed by atoms with Gasteiger partial charge in [0, 0.05) is 46.5 Å². The van der Waals surface area contributed by atoms with Crippen LogP contribution in [0.15, 0.2) is 55.4 Å². The van der Waals surface area contributed by atoms with Gasteiger partial charge in [-0.05, 0) is 41.8 Å². The van der Waals surface area contributed by atoms with Crippen LogP contribution < -0.4 is 5.32 Å². The van der Waals surface area contributed by atoms with Crippen molar-refractivity contribution >= 4 is 34.7 Å². The number of rotatable bonds is 7. The number of nitrogens with one attached hydrogen (secondary N) is 2. The SMILES string of the molecule is C=C(C(=O)NCCCc1ncc[nH]1)c1[c]ccc(-c2ccc(Cl)cc2Cl)c1. The highest BCUT2D eigenvalue weighted by Crippen LogP contribution is 2.31. The first-order valence-electron chi connectivity index (χ1n) is 8.47. The van der Waals surface area contributed by atoms with E-state index in [9.17, 15) is 4.79 Å². The summed E-state index contributed by atoms with van der Waals surface area (Å²) in [5.74, 6) is 0.689. The van der Waals surface area contributed by atoms with Crippen LogP contribution in [0, 0.1) is 6.07 Å². The molecule has 3 rings (SSSR count). The minimum atomic E-state index is -0.218. The Labute approximate surface area is 168 Å². The van der Waals surface area contributed by atoms with Gasteiger partial charge in [-0.2, -0.15) is 0 Å². The molecule has 0 fully saturated rings. The highest BCUT2D eigenvalue weighted by molar-refractivity contribution is 6.36. The number of hydrogen-bond acceptors (Lipinski definition) is 2. The van der Waals surface area contributed by atoms with Gasteiger partial charge in [0.05, 0.1) is 0 Å². The second kappa shape index (κ2) is 8.89. The van der Waals surface area contributed by atoms with Crippen LogP contribution in [-0.4, -0.2) is 22.4 Å². The Morgan fingerprint density at radius 2 is 2.11 bits per heavy atom. The number of aromatic amines is 1. The second-order valence-corrected chi connectivity index (χ2v) is 6.83. The van der Waals surface area contributed by atoms with Crippen molar-refractivity contribution in [3.8, 4) is 11.1 Å². The summed E-state index contributed by atoms with van der Waals surface area (Å²) in [7, 11) is 0. The molecule has 1 heterocycles. The maximum absolute atomic E-state index is 12.4. The largest absolute Gasteiger partial charge is 0.352 e. The number of benzene rings is 2. The number of H-pyrrole nitrogens is 1. The summed E-state index contributed by atoms with van der Waals surface area (Å²) in [5, 5.41) is 4.00. The van der Waals surface area contributed by atoms with Crippen molar-refractivity contribution in [3.05, 3.63) is 82.9 Å². The standard InChI is InChI=1S/C21H18Cl2N3O/c1-14(21(27)26-9-3-6-20-24-10-11-25-20)15-4-2-5-16(12-15)18-8-7-17(22)13-19(18)23/h2,5,7-8,10-13H,1,3,6,9H2,(H,24,25)(H,26,27). The van der Waals surface area contributed by atoms with Crippen LogP contribution in [0.2, 0.25) is 10.0 Å². The number of amides is 1. The van der Waals surface area contributed by atoms with E-state index in [2.05, 4.69) is 27.9 Å². The molecule has 3 aromatic rings. The topological polar surface area (TPSA) is 57.8 Å². The van der Waals surface area contributed by atoms with Crippen molar-refractivity contribution < 1.29 is 4.79 Å². The quantitative estimate of drug-likeness (QED) is 0.437. The molecule has 0 aliphatic rings. The Balaban J connectivity index is 1.63. The van der Waals surface area contributed by atoms with Gasteiger partial charge in [0.1, 0.15) is 5.82 Å². The zero-order valence-corrected chi connectivity index (χ0v) is 16.1. The van der Waals surface area contributed by atoms with Gasteiger partial charge < -0.3 is 10.3 Å². The molecule has 0 aliphatic heterocycles. The lowest BCUT2D eigenvalue weighted by molar-refractivity contribution is -0.115. The van der Waals surface area contributed by atoms with Gasteiger partial charge in [-0.3, -0.25) is 4.79 Å². The molecule has 0 atom stereocenters. The highest BCUT2D eigenvalue weighted by Gasteiger charge is 2.12. The van der Waals surface area contributed by atoms with E-state index in [0.29, 0.717) is 27.7 Å². The summed E-state index contributed by atoms with van der Waals surface area (Å²) < 4.78 is 0. The zero-order valence-electron chi connectivity index (χ0n) is 14.6. The monoisotopic (exact) mass is 398 g/mol. The average molecular weight is 399 g/mol. The van der Waals surface area contributed by atoms with Crippen molar-refractivity contribution in [2.75, 3.05) is 6.54 Å². The number of aromatic nitrogens is 2. The molecule has 1 amide bonds. The number of carbonyl (C=O) groups is 1. The molecule has 137 valence electrons. The predicted octanol–water partition coefficient (Wildman–Crippen LogP) is 4.95. The summed E-state index contributed by atoms with van der Waals surface area (Å²) in [6, 6.07) is 13.9. The van der Waals surface area contributed by atoms with Crippen LogP contribution in [0.3, 0.4) is 0 Å². The van der Waals surface area contributed by atoms with E-state index in [1.807, 2.05) is 18.2 Å². The molecule has 0 spiro atoms. The third kappa shape index (κ3) is 5.00. The van der Waals surface area contributed by atoms with Crippen LogP contribution in [0.4, 0.5) is 0 Å². The first-order chi connectivity index (χ1) is 13.0. The Kier molecular flexibility index (Phi) is 6.32. The van der Waals surface area contributed by atoms with E-state index < -0.39 is 0 Å². The fourth-order valence-corrected chi connectivity index (χ4v) is 3.17. The number of hydrogen-bond donors (Lipinski definition) is 2. The fraction of sp³-hybridized carbons (Fsp3) is 0.143. The molecule has 0 aliphatic carbocycles. The maximum atomic E-state index is 12.4. The second-order valence-electron chi connectivity index (χ2n) is 5.99. The highest BCUT2D eigenvalue weighted by atomic mass is 35.5. The molecule has 2 aromatic carbocycles. The lowest BCUT2D eigenvalue weighted by Gasteiger charge is -2.10. The molecular weight excluding hydrogens is 381 g/mol. The predicted molar refractivity (Wildman–Crippen MR) is 110 cm³/mol.